The summed E-state index contributed by atoms with van der Waals surface area (Å²) in [6.07, 6.45) is 3.97. The summed E-state index contributed by atoms with van der Waals surface area (Å²) >= 11 is 0. The van der Waals surface area contributed by atoms with Gasteiger partial charge in [0.1, 0.15) is 5.75 Å². The van der Waals surface area contributed by atoms with Crippen molar-refractivity contribution in [3.63, 3.8) is 0 Å². The number of amides is 1. The molecule has 9 heteroatoms. The predicted octanol–water partition coefficient (Wildman–Crippen LogP) is 7.03. The highest BCUT2D eigenvalue weighted by Crippen LogP contribution is 2.49. The number of hydrogen-bond acceptors (Lipinski definition) is 6. The summed E-state index contributed by atoms with van der Waals surface area (Å²) in [7, 11) is 2.70. The number of phenolic OH excluding ortho intramolecular Hbond substituents is 1. The summed E-state index contributed by atoms with van der Waals surface area (Å²) in [5.41, 5.74) is 6.05. The van der Waals surface area contributed by atoms with Crippen LogP contribution in [0.5, 0.6) is 23.0 Å². The first-order chi connectivity index (χ1) is 20.9. The largest absolute Gasteiger partial charge is 0.507 e. The lowest BCUT2D eigenvalue weighted by molar-refractivity contribution is 0.0916. The number of fused-ring (bicyclic) bond motifs is 4. The van der Waals surface area contributed by atoms with Crippen molar-refractivity contribution >= 4 is 25.1 Å². The van der Waals surface area contributed by atoms with Crippen LogP contribution in [0.4, 0.5) is 0 Å². The third-order valence-electron chi connectivity index (χ3n) is 9.26. The number of nitrogens with one attached hydrogen (secondary N) is 2. The van der Waals surface area contributed by atoms with Gasteiger partial charge in [-0.05, 0) is 83.9 Å². The number of aryl methyl sites for hydroxylation is 1. The molecule has 44 heavy (non-hydrogen) atoms. The van der Waals surface area contributed by atoms with E-state index < -0.39 is 8.32 Å². The fraction of sp³-hybridized carbons (Fsp3) is 0.400. The summed E-state index contributed by atoms with van der Waals surface area (Å²) in [5.74, 6) is 1.29. The molecule has 0 saturated heterocycles. The Kier molecular flexibility index (Phi) is 8.73. The molecule has 3 N–H and O–H groups in total. The number of H-pyrrole nitrogens is 1. The molecule has 1 atom stereocenters. The molecule has 0 bridgehead atoms. The Morgan fingerprint density at radius 1 is 1.00 bits per heavy atom. The van der Waals surface area contributed by atoms with Crippen molar-refractivity contribution in [1.82, 2.24) is 10.3 Å². The minimum Gasteiger partial charge on any atom is -0.507 e. The Morgan fingerprint density at radius 3 is 2.41 bits per heavy atom. The third kappa shape index (κ3) is 5.90. The lowest BCUT2D eigenvalue weighted by atomic mass is 9.83. The first-order valence-corrected chi connectivity index (χ1v) is 18.0. The van der Waals surface area contributed by atoms with E-state index in [4.69, 9.17) is 18.6 Å². The van der Waals surface area contributed by atoms with Crippen LogP contribution in [-0.4, -0.2) is 58.3 Å². The number of rotatable bonds is 10. The number of phenols is 1. The van der Waals surface area contributed by atoms with Gasteiger partial charge < -0.3 is 34.0 Å². The maximum absolute atomic E-state index is 13.9. The van der Waals surface area contributed by atoms with Gasteiger partial charge in [-0.15, -0.1) is 0 Å². The maximum atomic E-state index is 13.9. The number of benzene rings is 3. The van der Waals surface area contributed by atoms with Gasteiger partial charge in [0.05, 0.1) is 39.5 Å². The molecule has 0 radical (unpaired) electrons. The van der Waals surface area contributed by atoms with Crippen LogP contribution in [0.15, 0.2) is 48.7 Å². The first-order valence-electron chi connectivity index (χ1n) is 15.1. The second-order valence-electron chi connectivity index (χ2n) is 13.0. The summed E-state index contributed by atoms with van der Waals surface area (Å²) in [6.45, 7) is 11.4. The second-order valence-corrected chi connectivity index (χ2v) is 17.8. The van der Waals surface area contributed by atoms with Crippen LogP contribution in [0.1, 0.15) is 47.8 Å². The van der Waals surface area contributed by atoms with Gasteiger partial charge in [0.15, 0.2) is 19.8 Å². The molecule has 1 aliphatic carbocycles. The van der Waals surface area contributed by atoms with Gasteiger partial charge in [-0.1, -0.05) is 39.0 Å². The number of aromatic amines is 1. The molecule has 0 aliphatic heterocycles. The van der Waals surface area contributed by atoms with Crippen molar-refractivity contribution in [1.29, 1.82) is 0 Å². The van der Waals surface area contributed by atoms with Gasteiger partial charge in [0, 0.05) is 22.7 Å². The smallest absolute Gasteiger partial charge is 0.255 e. The van der Waals surface area contributed by atoms with Crippen molar-refractivity contribution in [3.05, 3.63) is 70.9 Å². The van der Waals surface area contributed by atoms with Gasteiger partial charge in [0.25, 0.3) is 5.91 Å². The number of ether oxygens (including phenoxy) is 3. The van der Waals surface area contributed by atoms with Gasteiger partial charge in [-0.2, -0.15) is 0 Å². The molecule has 1 unspecified atom stereocenters. The predicted molar refractivity (Wildman–Crippen MR) is 177 cm³/mol. The molecule has 1 aromatic heterocycles. The van der Waals surface area contributed by atoms with Crippen LogP contribution < -0.4 is 19.5 Å². The number of para-hydroxylation sites is 1. The molecule has 0 spiro atoms. The maximum Gasteiger partial charge on any atom is 0.255 e. The molecule has 234 valence electrons. The summed E-state index contributed by atoms with van der Waals surface area (Å²) in [5, 5.41) is 15.4. The zero-order valence-corrected chi connectivity index (χ0v) is 28.0. The standard InChI is InChI=1S/C35H44N2O6Si/c1-35(2,3)44(7,8)43-20-23(15-22-19-36-29-12-10-9-11-24(22)29)37-34(39)28-17-26-21(16-30(28)38)13-14-25-27(26)18-31(40-4)33(42-6)32(25)41-5/h9-12,16-19,23,36,38H,13-15,20H2,1-8H3,(H,37,39). The van der Waals surface area contributed by atoms with Gasteiger partial charge in [-0.3, -0.25) is 4.79 Å². The van der Waals surface area contributed by atoms with E-state index in [1.165, 1.54) is 0 Å². The average molecular weight is 617 g/mol. The molecule has 0 fully saturated rings. The lowest BCUT2D eigenvalue weighted by Crippen LogP contribution is -2.47. The minimum atomic E-state index is -2.09. The Bertz CT molecular complexity index is 1690. The number of hydrogen-bond donors (Lipinski definition) is 3. The normalized spacial score (nSPS) is 13.6. The van der Waals surface area contributed by atoms with Crippen molar-refractivity contribution in [2.45, 2.75) is 64.2 Å². The number of carbonyl (C=O) groups is 1. The van der Waals surface area contributed by atoms with E-state index in [2.05, 4.69) is 50.2 Å². The fourth-order valence-electron chi connectivity index (χ4n) is 5.74. The molecule has 5 rings (SSSR count). The minimum absolute atomic E-state index is 0.0251. The van der Waals surface area contributed by atoms with Crippen LogP contribution in [0, 0.1) is 0 Å². The van der Waals surface area contributed by atoms with Crippen LogP contribution in [0.2, 0.25) is 18.1 Å². The number of aromatic nitrogens is 1. The van der Waals surface area contributed by atoms with E-state index in [-0.39, 0.29) is 28.3 Å². The third-order valence-corrected chi connectivity index (χ3v) is 13.8. The highest BCUT2D eigenvalue weighted by atomic mass is 28.4. The van der Waals surface area contributed by atoms with E-state index in [1.807, 2.05) is 30.5 Å². The molecule has 1 aliphatic rings. The lowest BCUT2D eigenvalue weighted by Gasteiger charge is -2.37. The summed E-state index contributed by atoms with van der Waals surface area (Å²) in [4.78, 5) is 17.3. The fourth-order valence-corrected chi connectivity index (χ4v) is 6.79. The van der Waals surface area contributed by atoms with Crippen LogP contribution in [0.3, 0.4) is 0 Å². The van der Waals surface area contributed by atoms with Crippen molar-refractivity contribution in [2.24, 2.45) is 0 Å². The topological polar surface area (TPSA) is 102 Å². The van der Waals surface area contributed by atoms with E-state index >= 15 is 0 Å². The second kappa shape index (κ2) is 12.2. The van der Waals surface area contributed by atoms with Crippen LogP contribution in [0.25, 0.3) is 22.0 Å². The van der Waals surface area contributed by atoms with Crippen LogP contribution in [-0.2, 0) is 23.7 Å². The number of carbonyl (C=O) groups excluding carboxylic acids is 1. The Hall–Kier alpha value is -3.95. The van der Waals surface area contributed by atoms with Crippen molar-refractivity contribution in [2.75, 3.05) is 27.9 Å². The van der Waals surface area contributed by atoms with Gasteiger partial charge in [0.2, 0.25) is 5.75 Å². The van der Waals surface area contributed by atoms with Gasteiger partial charge >= 0.3 is 0 Å². The molecule has 4 aromatic rings. The van der Waals surface area contributed by atoms with E-state index in [0.717, 1.165) is 38.7 Å². The van der Waals surface area contributed by atoms with Crippen LogP contribution >= 0.6 is 0 Å². The molecular formula is C35H44N2O6Si. The number of methoxy groups -OCH3 is 3. The number of aromatic hydroxyl groups is 1. The Balaban J connectivity index is 1.49. The zero-order chi connectivity index (χ0) is 31.8. The van der Waals surface area contributed by atoms with E-state index in [0.29, 0.717) is 43.1 Å². The van der Waals surface area contributed by atoms with Crippen molar-refractivity contribution in [3.8, 4) is 34.1 Å². The SMILES string of the molecule is COc1cc2c(c(OC)c1OC)CCc1cc(O)c(C(=O)NC(CO[Si](C)(C)C(C)(C)C)Cc3c[nH]c4ccccc34)cc1-2. The molecule has 3 aromatic carbocycles. The average Bonchev–Trinajstić information content (AvgIpc) is 3.40. The summed E-state index contributed by atoms with van der Waals surface area (Å²) in [6, 6.07) is 13.2. The Labute approximate surface area is 260 Å². The quantitative estimate of drug-likeness (QED) is 0.165. The first kappa shape index (κ1) is 31.5. The molecule has 8 nitrogen and oxygen atoms in total. The zero-order valence-electron chi connectivity index (χ0n) is 27.0. The van der Waals surface area contributed by atoms with E-state index in [9.17, 15) is 9.90 Å². The molecule has 0 saturated carbocycles. The monoisotopic (exact) mass is 616 g/mol. The van der Waals surface area contributed by atoms with Gasteiger partial charge in [-0.25, -0.2) is 0 Å². The summed E-state index contributed by atoms with van der Waals surface area (Å²) < 4.78 is 23.6. The molecular weight excluding hydrogens is 572 g/mol. The highest BCUT2D eigenvalue weighted by Gasteiger charge is 2.38. The molecule has 1 amide bonds. The highest BCUT2D eigenvalue weighted by molar-refractivity contribution is 6.74. The Morgan fingerprint density at radius 2 is 1.73 bits per heavy atom. The molecule has 1 heterocycles. The van der Waals surface area contributed by atoms with Crippen molar-refractivity contribution < 1.29 is 28.5 Å². The van der Waals surface area contributed by atoms with E-state index in [1.54, 1.807) is 33.5 Å².